The van der Waals surface area contributed by atoms with E-state index in [0.717, 1.165) is 5.56 Å². The molecule has 0 saturated carbocycles. The van der Waals surface area contributed by atoms with Gasteiger partial charge < -0.3 is 19.8 Å². The molecular formula is C15H13FN4O3S. The highest BCUT2D eigenvalue weighted by Gasteiger charge is 2.31. The van der Waals surface area contributed by atoms with Gasteiger partial charge in [-0.3, -0.25) is 0 Å². The number of benzene rings is 1. The van der Waals surface area contributed by atoms with Gasteiger partial charge in [0.1, 0.15) is 18.1 Å². The number of rotatable bonds is 3. The van der Waals surface area contributed by atoms with E-state index >= 15 is 0 Å². The van der Waals surface area contributed by atoms with E-state index in [0.29, 0.717) is 30.5 Å². The third kappa shape index (κ3) is 2.51. The SMILES string of the molecule is O=[N+]([O-])c1c(N2CCOC(c3ccc(F)cc3)C2)nc2sccn12. The maximum absolute atomic E-state index is 13.1. The number of nitrogens with zero attached hydrogens (tertiary/aromatic N) is 4. The Morgan fingerprint density at radius 2 is 2.17 bits per heavy atom. The Labute approximate surface area is 140 Å². The lowest BCUT2D eigenvalue weighted by atomic mass is 10.1. The minimum atomic E-state index is -0.412. The van der Waals surface area contributed by atoms with E-state index in [1.807, 2.05) is 4.90 Å². The standard InChI is InChI=1S/C15H13FN4O3S/c16-11-3-1-10(2-4-11)12-9-18(5-7-23-12)13-14(20(21)22)19-6-8-24-15(19)17-13/h1-4,6,8,12H,5,7,9H2. The molecule has 0 amide bonds. The van der Waals surface area contributed by atoms with Crippen LogP contribution in [0.1, 0.15) is 11.7 Å². The first-order chi connectivity index (χ1) is 11.6. The number of imidazole rings is 1. The van der Waals surface area contributed by atoms with Crippen molar-refractivity contribution in [2.45, 2.75) is 6.10 Å². The van der Waals surface area contributed by atoms with E-state index in [9.17, 15) is 14.5 Å². The lowest BCUT2D eigenvalue weighted by Crippen LogP contribution is -2.38. The molecule has 1 unspecified atom stereocenters. The highest BCUT2D eigenvalue weighted by molar-refractivity contribution is 7.15. The van der Waals surface area contributed by atoms with Gasteiger partial charge in [0.05, 0.1) is 13.2 Å². The van der Waals surface area contributed by atoms with Crippen LogP contribution in [0.15, 0.2) is 35.8 Å². The van der Waals surface area contributed by atoms with E-state index in [4.69, 9.17) is 4.74 Å². The van der Waals surface area contributed by atoms with Gasteiger partial charge in [0.2, 0.25) is 5.82 Å². The van der Waals surface area contributed by atoms with Crippen molar-refractivity contribution in [1.82, 2.24) is 9.38 Å². The van der Waals surface area contributed by atoms with Crippen LogP contribution < -0.4 is 4.90 Å². The molecular weight excluding hydrogens is 335 g/mol. The topological polar surface area (TPSA) is 72.9 Å². The van der Waals surface area contributed by atoms with Gasteiger partial charge in [-0.05, 0) is 22.6 Å². The average molecular weight is 348 g/mol. The fourth-order valence-electron chi connectivity index (χ4n) is 2.86. The predicted octanol–water partition coefficient (Wildman–Crippen LogP) is 3.02. The molecule has 4 rings (SSSR count). The molecule has 124 valence electrons. The Kier molecular flexibility index (Phi) is 3.66. The summed E-state index contributed by atoms with van der Waals surface area (Å²) in [5, 5.41) is 13.2. The van der Waals surface area contributed by atoms with Crippen LogP contribution in [0, 0.1) is 15.9 Å². The normalized spacial score (nSPS) is 18.2. The largest absolute Gasteiger partial charge is 0.373 e. The third-order valence-corrected chi connectivity index (χ3v) is 4.76. The molecule has 1 saturated heterocycles. The van der Waals surface area contributed by atoms with Crippen LogP contribution in [0.5, 0.6) is 0 Å². The van der Waals surface area contributed by atoms with E-state index in [1.165, 1.54) is 27.9 Å². The molecule has 0 spiro atoms. The molecule has 0 N–H and O–H groups in total. The van der Waals surface area contributed by atoms with Crippen LogP contribution in [0.25, 0.3) is 4.96 Å². The van der Waals surface area contributed by atoms with E-state index in [2.05, 4.69) is 4.98 Å². The molecule has 7 nitrogen and oxygen atoms in total. The first kappa shape index (κ1) is 15.0. The van der Waals surface area contributed by atoms with Crippen LogP contribution in [0.4, 0.5) is 16.0 Å². The molecule has 0 aliphatic carbocycles. The van der Waals surface area contributed by atoms with Crippen molar-refractivity contribution < 1.29 is 14.1 Å². The zero-order chi connectivity index (χ0) is 16.7. The quantitative estimate of drug-likeness (QED) is 0.537. The highest BCUT2D eigenvalue weighted by atomic mass is 32.1. The minimum Gasteiger partial charge on any atom is -0.370 e. The Morgan fingerprint density at radius 3 is 2.92 bits per heavy atom. The van der Waals surface area contributed by atoms with Crippen LogP contribution in [-0.4, -0.2) is 34.0 Å². The van der Waals surface area contributed by atoms with Gasteiger partial charge in [-0.2, -0.15) is 9.38 Å². The smallest absolute Gasteiger partial charge is 0.370 e. The molecule has 24 heavy (non-hydrogen) atoms. The third-order valence-electron chi connectivity index (χ3n) is 4.00. The number of aromatic nitrogens is 2. The lowest BCUT2D eigenvalue weighted by molar-refractivity contribution is -0.389. The van der Waals surface area contributed by atoms with Gasteiger partial charge in [-0.15, -0.1) is 0 Å². The van der Waals surface area contributed by atoms with E-state index in [1.54, 1.807) is 23.7 Å². The number of hydrogen-bond donors (Lipinski definition) is 0. The molecule has 1 fully saturated rings. The first-order valence-corrected chi connectivity index (χ1v) is 8.23. The number of thiazole rings is 1. The van der Waals surface area contributed by atoms with Crippen LogP contribution in [0.2, 0.25) is 0 Å². The highest BCUT2D eigenvalue weighted by Crippen LogP contribution is 2.34. The van der Waals surface area contributed by atoms with Crippen molar-refractivity contribution in [2.75, 3.05) is 24.6 Å². The monoisotopic (exact) mass is 348 g/mol. The van der Waals surface area contributed by atoms with Gasteiger partial charge in [0.15, 0.2) is 0 Å². The fraction of sp³-hybridized carbons (Fsp3) is 0.267. The summed E-state index contributed by atoms with van der Waals surface area (Å²) >= 11 is 1.35. The van der Waals surface area contributed by atoms with Crippen molar-refractivity contribution in [3.63, 3.8) is 0 Å². The minimum absolute atomic E-state index is 0.0361. The summed E-state index contributed by atoms with van der Waals surface area (Å²) in [5.41, 5.74) is 0.838. The molecule has 3 aromatic rings. The summed E-state index contributed by atoms with van der Waals surface area (Å²) in [7, 11) is 0. The number of fused-ring (bicyclic) bond motifs is 1. The number of hydrogen-bond acceptors (Lipinski definition) is 6. The maximum atomic E-state index is 13.1. The molecule has 2 aromatic heterocycles. The summed E-state index contributed by atoms with van der Waals surface area (Å²) in [6.07, 6.45) is 1.37. The predicted molar refractivity (Wildman–Crippen MR) is 87.0 cm³/mol. The van der Waals surface area contributed by atoms with Gasteiger partial charge >= 0.3 is 5.82 Å². The second-order valence-electron chi connectivity index (χ2n) is 5.43. The molecule has 9 heteroatoms. The second kappa shape index (κ2) is 5.84. The van der Waals surface area contributed by atoms with Gasteiger partial charge in [0, 0.05) is 11.9 Å². The number of halogens is 1. The summed E-state index contributed by atoms with van der Waals surface area (Å²) in [6.45, 7) is 1.37. The lowest BCUT2D eigenvalue weighted by Gasteiger charge is -2.32. The van der Waals surface area contributed by atoms with E-state index < -0.39 is 4.92 Å². The summed E-state index contributed by atoms with van der Waals surface area (Å²) in [6, 6.07) is 6.10. The van der Waals surface area contributed by atoms with Crippen LogP contribution in [-0.2, 0) is 4.74 Å². The summed E-state index contributed by atoms with van der Waals surface area (Å²) in [5.74, 6) is 0.00431. The fourth-order valence-corrected chi connectivity index (χ4v) is 3.57. The Balaban J connectivity index is 1.67. The van der Waals surface area contributed by atoms with Crippen LogP contribution in [0.3, 0.4) is 0 Å². The van der Waals surface area contributed by atoms with Crippen molar-refractivity contribution in [2.24, 2.45) is 0 Å². The van der Waals surface area contributed by atoms with E-state index in [-0.39, 0.29) is 17.7 Å². The number of morpholine rings is 1. The average Bonchev–Trinajstić information content (AvgIpc) is 3.16. The molecule has 1 aromatic carbocycles. The molecule has 0 bridgehead atoms. The van der Waals surface area contributed by atoms with Gasteiger partial charge in [0.25, 0.3) is 4.96 Å². The molecule has 1 aliphatic heterocycles. The summed E-state index contributed by atoms with van der Waals surface area (Å²) < 4.78 is 20.3. The first-order valence-electron chi connectivity index (χ1n) is 7.35. The van der Waals surface area contributed by atoms with Crippen molar-refractivity contribution in [1.29, 1.82) is 0 Å². The number of ether oxygens (including phenoxy) is 1. The Morgan fingerprint density at radius 1 is 1.38 bits per heavy atom. The molecule has 1 aliphatic rings. The Bertz CT molecular complexity index is 892. The molecule has 3 heterocycles. The maximum Gasteiger partial charge on any atom is 0.373 e. The Hall–Kier alpha value is -2.52. The molecule has 0 radical (unpaired) electrons. The van der Waals surface area contributed by atoms with Crippen molar-refractivity contribution in [3.05, 3.63) is 57.3 Å². The van der Waals surface area contributed by atoms with Crippen molar-refractivity contribution >= 4 is 27.9 Å². The molecule has 1 atom stereocenters. The summed E-state index contributed by atoms with van der Waals surface area (Å²) in [4.78, 5) is 17.9. The van der Waals surface area contributed by atoms with Crippen LogP contribution >= 0.6 is 11.3 Å². The zero-order valence-electron chi connectivity index (χ0n) is 12.5. The zero-order valence-corrected chi connectivity index (χ0v) is 13.3. The van der Waals surface area contributed by atoms with Crippen molar-refractivity contribution in [3.8, 4) is 0 Å². The number of anilines is 1. The van der Waals surface area contributed by atoms with Gasteiger partial charge in [-0.25, -0.2) is 4.39 Å². The second-order valence-corrected chi connectivity index (χ2v) is 6.30. The van der Waals surface area contributed by atoms with Gasteiger partial charge in [-0.1, -0.05) is 23.5 Å². The number of nitro groups is 1.